The molecule has 2 rings (SSSR count). The Kier molecular flexibility index (Phi) is 1.88. The lowest BCUT2D eigenvalue weighted by molar-refractivity contribution is -0.258. The van der Waals surface area contributed by atoms with E-state index in [0.29, 0.717) is 5.69 Å². The first-order valence-corrected chi connectivity index (χ1v) is 4.27. The lowest BCUT2D eigenvalue weighted by Gasteiger charge is -2.25. The quantitative estimate of drug-likeness (QED) is 0.577. The van der Waals surface area contributed by atoms with Crippen molar-refractivity contribution in [3.63, 3.8) is 0 Å². The Morgan fingerprint density at radius 1 is 1.40 bits per heavy atom. The van der Waals surface area contributed by atoms with Gasteiger partial charge in [-0.1, -0.05) is 6.07 Å². The fourth-order valence-corrected chi connectivity index (χ4v) is 1.64. The Bertz CT molecular complexity index is 405. The molecule has 0 fully saturated rings. The van der Waals surface area contributed by atoms with E-state index in [1.807, 2.05) is 0 Å². The first-order chi connectivity index (χ1) is 6.84. The van der Waals surface area contributed by atoms with Gasteiger partial charge < -0.3 is 16.2 Å². The number of hydrogen-bond donors (Lipinski definition) is 3. The third kappa shape index (κ3) is 1.32. The molecular weight excluding hydrogens is 209 g/mol. The van der Waals surface area contributed by atoms with E-state index in [4.69, 9.17) is 5.73 Å². The number of aliphatic hydroxyl groups is 1. The summed E-state index contributed by atoms with van der Waals surface area (Å²) in [5.41, 5.74) is 3.03. The molecule has 0 amide bonds. The van der Waals surface area contributed by atoms with Crippen LogP contribution in [-0.4, -0.2) is 17.8 Å². The van der Waals surface area contributed by atoms with Gasteiger partial charge in [0.15, 0.2) is 0 Å². The SMILES string of the molecule is Nc1ccc2c(c1)NCC2(O)C(F)(F)F. The van der Waals surface area contributed by atoms with E-state index in [2.05, 4.69) is 5.32 Å². The summed E-state index contributed by atoms with van der Waals surface area (Å²) in [4.78, 5) is 0. The summed E-state index contributed by atoms with van der Waals surface area (Å²) >= 11 is 0. The Labute approximate surface area is 83.7 Å². The van der Waals surface area contributed by atoms with Gasteiger partial charge in [0, 0.05) is 16.9 Å². The molecule has 1 aromatic rings. The van der Waals surface area contributed by atoms with Gasteiger partial charge in [0.2, 0.25) is 5.60 Å². The van der Waals surface area contributed by atoms with Gasteiger partial charge in [0.1, 0.15) is 0 Å². The second-order valence-corrected chi connectivity index (χ2v) is 3.52. The maximum absolute atomic E-state index is 12.6. The van der Waals surface area contributed by atoms with Crippen molar-refractivity contribution in [3.05, 3.63) is 23.8 Å². The fraction of sp³-hybridized carbons (Fsp3) is 0.333. The van der Waals surface area contributed by atoms with Gasteiger partial charge in [0.25, 0.3) is 0 Å². The first kappa shape index (κ1) is 10.1. The molecule has 1 atom stereocenters. The Balaban J connectivity index is 2.53. The van der Waals surface area contributed by atoms with Crippen molar-refractivity contribution >= 4 is 11.4 Å². The van der Waals surface area contributed by atoms with E-state index in [-0.39, 0.29) is 11.3 Å². The van der Waals surface area contributed by atoms with Crippen LogP contribution < -0.4 is 11.1 Å². The number of hydrogen-bond acceptors (Lipinski definition) is 3. The average Bonchev–Trinajstić information content (AvgIpc) is 2.43. The summed E-state index contributed by atoms with van der Waals surface area (Å²) in [6.07, 6.45) is -4.69. The number of halogens is 3. The summed E-state index contributed by atoms with van der Waals surface area (Å²) in [6, 6.07) is 3.90. The number of fused-ring (bicyclic) bond motifs is 1. The zero-order valence-corrected chi connectivity index (χ0v) is 7.60. The molecule has 0 radical (unpaired) electrons. The molecule has 15 heavy (non-hydrogen) atoms. The predicted octanol–water partition coefficient (Wildman–Crippen LogP) is 1.44. The van der Waals surface area contributed by atoms with Gasteiger partial charge in [-0.3, -0.25) is 0 Å². The van der Waals surface area contributed by atoms with Crippen molar-refractivity contribution in [2.75, 3.05) is 17.6 Å². The van der Waals surface area contributed by atoms with Crippen LogP contribution in [0.25, 0.3) is 0 Å². The van der Waals surface area contributed by atoms with E-state index in [1.165, 1.54) is 18.2 Å². The maximum Gasteiger partial charge on any atom is 0.423 e. The molecule has 0 aliphatic carbocycles. The van der Waals surface area contributed by atoms with Gasteiger partial charge >= 0.3 is 6.18 Å². The van der Waals surface area contributed by atoms with Crippen LogP contribution in [0.4, 0.5) is 24.5 Å². The van der Waals surface area contributed by atoms with Gasteiger partial charge in [-0.2, -0.15) is 13.2 Å². The minimum Gasteiger partial charge on any atom is -0.399 e. The van der Waals surface area contributed by atoms with Crippen LogP contribution in [-0.2, 0) is 5.60 Å². The van der Waals surface area contributed by atoms with Crippen LogP contribution in [0, 0.1) is 0 Å². The van der Waals surface area contributed by atoms with Gasteiger partial charge in [-0.25, -0.2) is 0 Å². The van der Waals surface area contributed by atoms with Gasteiger partial charge in [0.05, 0.1) is 6.54 Å². The average molecular weight is 218 g/mol. The number of rotatable bonds is 0. The van der Waals surface area contributed by atoms with E-state index < -0.39 is 18.3 Å². The van der Waals surface area contributed by atoms with E-state index in [9.17, 15) is 18.3 Å². The Hall–Kier alpha value is -1.43. The minimum atomic E-state index is -4.69. The summed E-state index contributed by atoms with van der Waals surface area (Å²) in [6.45, 7) is -0.574. The fourth-order valence-electron chi connectivity index (χ4n) is 1.64. The van der Waals surface area contributed by atoms with Crippen molar-refractivity contribution in [2.45, 2.75) is 11.8 Å². The molecule has 1 aliphatic heterocycles. The number of nitrogens with one attached hydrogen (secondary N) is 1. The summed E-state index contributed by atoms with van der Waals surface area (Å²) in [7, 11) is 0. The van der Waals surface area contributed by atoms with Crippen LogP contribution in [0.3, 0.4) is 0 Å². The summed E-state index contributed by atoms with van der Waals surface area (Å²) in [5, 5.41) is 12.0. The third-order valence-corrected chi connectivity index (χ3v) is 2.49. The monoisotopic (exact) mass is 218 g/mol. The van der Waals surface area contributed by atoms with Crippen molar-refractivity contribution in [1.29, 1.82) is 0 Å². The molecule has 1 aromatic carbocycles. The largest absolute Gasteiger partial charge is 0.423 e. The molecule has 0 saturated heterocycles. The highest BCUT2D eigenvalue weighted by molar-refractivity contribution is 5.65. The lowest BCUT2D eigenvalue weighted by Crippen LogP contribution is -2.43. The second kappa shape index (κ2) is 2.79. The van der Waals surface area contributed by atoms with Crippen LogP contribution in [0.5, 0.6) is 0 Å². The standard InChI is InChI=1S/C9H9F3N2O/c10-9(11,12)8(15)4-14-7-3-5(13)1-2-6(7)8/h1-3,14-15H,4,13H2. The molecule has 1 heterocycles. The smallest absolute Gasteiger partial charge is 0.399 e. The molecular formula is C9H9F3N2O. The lowest BCUT2D eigenvalue weighted by atomic mass is 9.95. The number of nitrogens with two attached hydrogens (primary N) is 1. The van der Waals surface area contributed by atoms with Crippen molar-refractivity contribution in [1.82, 2.24) is 0 Å². The van der Waals surface area contributed by atoms with Crippen molar-refractivity contribution in [3.8, 4) is 0 Å². The van der Waals surface area contributed by atoms with Crippen molar-refractivity contribution in [2.24, 2.45) is 0 Å². The molecule has 1 aliphatic rings. The Morgan fingerprint density at radius 3 is 2.67 bits per heavy atom. The van der Waals surface area contributed by atoms with Crippen LogP contribution in [0.1, 0.15) is 5.56 Å². The topological polar surface area (TPSA) is 58.3 Å². The van der Waals surface area contributed by atoms with Gasteiger partial charge in [-0.05, 0) is 12.1 Å². The molecule has 3 nitrogen and oxygen atoms in total. The number of anilines is 2. The molecule has 0 bridgehead atoms. The molecule has 82 valence electrons. The molecule has 0 saturated carbocycles. The van der Waals surface area contributed by atoms with Gasteiger partial charge in [-0.15, -0.1) is 0 Å². The molecule has 4 N–H and O–H groups in total. The first-order valence-electron chi connectivity index (χ1n) is 4.27. The number of nitrogen functional groups attached to an aromatic ring is 1. The van der Waals surface area contributed by atoms with Crippen molar-refractivity contribution < 1.29 is 18.3 Å². The minimum absolute atomic E-state index is 0.177. The molecule has 1 unspecified atom stereocenters. The zero-order valence-electron chi connectivity index (χ0n) is 7.60. The van der Waals surface area contributed by atoms with Crippen LogP contribution >= 0.6 is 0 Å². The third-order valence-electron chi connectivity index (χ3n) is 2.49. The predicted molar refractivity (Wildman–Crippen MR) is 49.3 cm³/mol. The zero-order chi connectivity index (χ0) is 11.3. The highest BCUT2D eigenvalue weighted by atomic mass is 19.4. The van der Waals surface area contributed by atoms with Crippen LogP contribution in [0.15, 0.2) is 18.2 Å². The van der Waals surface area contributed by atoms with Crippen LogP contribution in [0.2, 0.25) is 0 Å². The van der Waals surface area contributed by atoms with E-state index in [0.717, 1.165) is 0 Å². The molecule has 0 aromatic heterocycles. The maximum atomic E-state index is 12.6. The number of alkyl halides is 3. The highest BCUT2D eigenvalue weighted by Gasteiger charge is 2.58. The summed E-state index contributed by atoms with van der Waals surface area (Å²) in [5.74, 6) is 0. The van der Waals surface area contributed by atoms with E-state index >= 15 is 0 Å². The summed E-state index contributed by atoms with van der Waals surface area (Å²) < 4.78 is 37.8. The molecule has 6 heteroatoms. The highest BCUT2D eigenvalue weighted by Crippen LogP contribution is 2.46. The molecule has 0 spiro atoms. The number of β-amino-alcohol motifs (C(OH)–C–C–N with tert-alkyl or cyclic N) is 1. The normalized spacial score (nSPS) is 24.8. The Morgan fingerprint density at radius 2 is 2.07 bits per heavy atom. The second-order valence-electron chi connectivity index (χ2n) is 3.52. The number of benzene rings is 1. The van der Waals surface area contributed by atoms with E-state index in [1.54, 1.807) is 0 Å².